The Kier molecular flexibility index (Phi) is 11.0. The van der Waals surface area contributed by atoms with Crippen LogP contribution < -0.4 is 9.62 Å². The van der Waals surface area contributed by atoms with E-state index in [9.17, 15) is 18.0 Å². The van der Waals surface area contributed by atoms with Gasteiger partial charge in [-0.1, -0.05) is 84.7 Å². The summed E-state index contributed by atoms with van der Waals surface area (Å²) in [5, 5.41) is 3.47. The van der Waals surface area contributed by atoms with Crippen LogP contribution in [0.15, 0.2) is 88.2 Å². The van der Waals surface area contributed by atoms with E-state index in [1.807, 2.05) is 20.8 Å². The molecule has 7 nitrogen and oxygen atoms in total. The summed E-state index contributed by atoms with van der Waals surface area (Å²) in [5.41, 5.74) is 1.09. The van der Waals surface area contributed by atoms with Crippen LogP contribution in [0.2, 0.25) is 5.02 Å². The van der Waals surface area contributed by atoms with Crippen LogP contribution >= 0.6 is 27.5 Å². The monoisotopic (exact) mass is 633 g/mol. The molecule has 39 heavy (non-hydrogen) atoms. The molecular formula is C29H33BrClN3O4S. The Morgan fingerprint density at radius 1 is 0.974 bits per heavy atom. The zero-order chi connectivity index (χ0) is 28.6. The second kappa shape index (κ2) is 14.0. The van der Waals surface area contributed by atoms with E-state index in [1.54, 1.807) is 66.7 Å². The largest absolute Gasteiger partial charge is 0.354 e. The zero-order valence-electron chi connectivity index (χ0n) is 22.2. The number of nitrogens with zero attached hydrogens (tertiary/aromatic N) is 2. The van der Waals surface area contributed by atoms with Crippen LogP contribution in [0.25, 0.3) is 0 Å². The summed E-state index contributed by atoms with van der Waals surface area (Å²) in [6.45, 7) is 5.89. The summed E-state index contributed by atoms with van der Waals surface area (Å²) in [5.74, 6) is -0.556. The van der Waals surface area contributed by atoms with Crippen LogP contribution in [-0.2, 0) is 26.2 Å². The maximum absolute atomic E-state index is 14.0. The van der Waals surface area contributed by atoms with Crippen molar-refractivity contribution in [2.45, 2.75) is 44.7 Å². The van der Waals surface area contributed by atoms with E-state index >= 15 is 0 Å². The molecule has 3 aromatic carbocycles. The smallest absolute Gasteiger partial charge is 0.264 e. The maximum atomic E-state index is 14.0. The lowest BCUT2D eigenvalue weighted by Gasteiger charge is -2.33. The minimum absolute atomic E-state index is 0.0590. The second-order valence-electron chi connectivity index (χ2n) is 9.52. The minimum atomic E-state index is -4.11. The van der Waals surface area contributed by atoms with Crippen LogP contribution in [-0.4, -0.2) is 44.3 Å². The summed E-state index contributed by atoms with van der Waals surface area (Å²) in [7, 11) is -4.11. The molecule has 0 aliphatic carbocycles. The van der Waals surface area contributed by atoms with Crippen molar-refractivity contribution in [3.63, 3.8) is 0 Å². The molecule has 0 aromatic heterocycles. The van der Waals surface area contributed by atoms with E-state index < -0.39 is 28.5 Å². The molecule has 0 fully saturated rings. The Balaban J connectivity index is 2.03. The van der Waals surface area contributed by atoms with Crippen molar-refractivity contribution in [2.24, 2.45) is 5.92 Å². The zero-order valence-corrected chi connectivity index (χ0v) is 25.3. The molecule has 0 aliphatic rings. The van der Waals surface area contributed by atoms with Gasteiger partial charge in [0.25, 0.3) is 10.0 Å². The normalized spacial score (nSPS) is 12.2. The summed E-state index contributed by atoms with van der Waals surface area (Å²) in [6, 6.07) is 20.9. The van der Waals surface area contributed by atoms with Crippen LogP contribution in [0.3, 0.4) is 0 Å². The molecule has 208 valence electrons. The molecule has 0 spiro atoms. The van der Waals surface area contributed by atoms with Crippen molar-refractivity contribution in [3.05, 3.63) is 93.9 Å². The predicted octanol–water partition coefficient (Wildman–Crippen LogP) is 5.88. The lowest BCUT2D eigenvalue weighted by Crippen LogP contribution is -2.52. The molecule has 3 rings (SSSR count). The van der Waals surface area contributed by atoms with E-state index in [4.69, 9.17) is 11.6 Å². The van der Waals surface area contributed by atoms with E-state index in [1.165, 1.54) is 17.0 Å². The average Bonchev–Trinajstić information content (AvgIpc) is 2.91. The maximum Gasteiger partial charge on any atom is 0.264 e. The molecular weight excluding hydrogens is 602 g/mol. The highest BCUT2D eigenvalue weighted by molar-refractivity contribution is 9.10. The molecule has 1 unspecified atom stereocenters. The topological polar surface area (TPSA) is 86.8 Å². The first-order valence-electron chi connectivity index (χ1n) is 12.7. The third-order valence-electron chi connectivity index (χ3n) is 6.04. The predicted molar refractivity (Wildman–Crippen MR) is 159 cm³/mol. The number of anilines is 1. The van der Waals surface area contributed by atoms with Gasteiger partial charge in [-0.05, 0) is 60.4 Å². The number of hydrogen-bond acceptors (Lipinski definition) is 4. The Morgan fingerprint density at radius 3 is 2.23 bits per heavy atom. The van der Waals surface area contributed by atoms with E-state index in [0.29, 0.717) is 28.1 Å². The third-order valence-corrected chi connectivity index (χ3v) is 8.58. The molecule has 0 aliphatic heterocycles. The molecule has 3 aromatic rings. The summed E-state index contributed by atoms with van der Waals surface area (Å²) in [6.07, 6.45) is 0.353. The molecule has 1 N–H and O–H groups in total. The van der Waals surface area contributed by atoms with E-state index in [2.05, 4.69) is 21.2 Å². The fourth-order valence-corrected chi connectivity index (χ4v) is 5.95. The van der Waals surface area contributed by atoms with Gasteiger partial charge in [0.1, 0.15) is 12.6 Å². The van der Waals surface area contributed by atoms with Crippen molar-refractivity contribution in [1.29, 1.82) is 0 Å². The number of amides is 2. The van der Waals surface area contributed by atoms with Gasteiger partial charge >= 0.3 is 0 Å². The highest BCUT2D eigenvalue weighted by Crippen LogP contribution is 2.27. The van der Waals surface area contributed by atoms with Gasteiger partial charge in [-0.25, -0.2) is 8.42 Å². The van der Waals surface area contributed by atoms with Gasteiger partial charge in [-0.3, -0.25) is 13.9 Å². The molecule has 0 saturated carbocycles. The number of halogens is 2. The molecule has 0 radical (unpaired) electrons. The summed E-state index contributed by atoms with van der Waals surface area (Å²) >= 11 is 9.46. The third kappa shape index (κ3) is 8.30. The molecule has 0 heterocycles. The van der Waals surface area contributed by atoms with E-state index in [-0.39, 0.29) is 23.3 Å². The minimum Gasteiger partial charge on any atom is -0.354 e. The van der Waals surface area contributed by atoms with Crippen molar-refractivity contribution in [3.8, 4) is 0 Å². The van der Waals surface area contributed by atoms with Gasteiger partial charge in [-0.2, -0.15) is 0 Å². The molecule has 0 saturated heterocycles. The van der Waals surface area contributed by atoms with Crippen LogP contribution in [0.1, 0.15) is 32.8 Å². The Morgan fingerprint density at radius 2 is 1.64 bits per heavy atom. The first kappa shape index (κ1) is 30.7. The first-order valence-corrected chi connectivity index (χ1v) is 15.3. The van der Waals surface area contributed by atoms with Gasteiger partial charge in [0.05, 0.1) is 10.6 Å². The number of hydrogen-bond donors (Lipinski definition) is 1. The molecule has 1 atom stereocenters. The highest BCUT2D eigenvalue weighted by atomic mass is 79.9. The average molecular weight is 635 g/mol. The van der Waals surface area contributed by atoms with Crippen LogP contribution in [0, 0.1) is 5.92 Å². The molecule has 2 amide bonds. The number of carbonyl (C=O) groups excluding carboxylic acids is 2. The van der Waals surface area contributed by atoms with Crippen molar-refractivity contribution >= 4 is 55.1 Å². The number of carbonyl (C=O) groups is 2. The SMILES string of the molecule is CCC(C(=O)NCC(C)C)N(Cc1ccc(Cl)cc1)C(=O)CN(c1cccc(Br)c1)S(=O)(=O)c1ccccc1. The second-order valence-corrected chi connectivity index (χ2v) is 12.7. The Bertz CT molecular complexity index is 1370. The lowest BCUT2D eigenvalue weighted by atomic mass is 10.1. The number of sulfonamides is 1. The van der Waals surface area contributed by atoms with Gasteiger partial charge < -0.3 is 10.2 Å². The van der Waals surface area contributed by atoms with Gasteiger partial charge in [-0.15, -0.1) is 0 Å². The Labute approximate surface area is 244 Å². The standard InChI is InChI=1S/C29H33BrClN3O4S/c1-4-27(29(36)32-18-21(2)3)33(19-22-13-15-24(31)16-14-22)28(35)20-34(25-10-8-9-23(30)17-25)39(37,38)26-11-6-5-7-12-26/h5-17,21,27H,4,18-20H2,1-3H3,(H,32,36). The van der Waals surface area contributed by atoms with Crippen molar-refractivity contribution in [1.82, 2.24) is 10.2 Å². The van der Waals surface area contributed by atoms with Crippen molar-refractivity contribution < 1.29 is 18.0 Å². The first-order chi connectivity index (χ1) is 18.5. The number of benzene rings is 3. The fraction of sp³-hybridized carbons (Fsp3) is 0.310. The van der Waals surface area contributed by atoms with Gasteiger partial charge in [0.15, 0.2) is 0 Å². The van der Waals surface area contributed by atoms with Crippen molar-refractivity contribution in [2.75, 3.05) is 17.4 Å². The van der Waals surface area contributed by atoms with Crippen LogP contribution in [0.4, 0.5) is 5.69 Å². The fourth-order valence-electron chi connectivity index (χ4n) is 4.01. The van der Waals surface area contributed by atoms with Crippen LogP contribution in [0.5, 0.6) is 0 Å². The quantitative estimate of drug-likeness (QED) is 0.270. The number of nitrogens with one attached hydrogen (secondary N) is 1. The van der Waals surface area contributed by atoms with E-state index in [0.717, 1.165) is 9.87 Å². The number of rotatable bonds is 12. The molecule has 10 heteroatoms. The highest BCUT2D eigenvalue weighted by Gasteiger charge is 2.33. The Hall–Kier alpha value is -2.88. The summed E-state index contributed by atoms with van der Waals surface area (Å²) in [4.78, 5) is 28.7. The molecule has 0 bridgehead atoms. The summed E-state index contributed by atoms with van der Waals surface area (Å²) < 4.78 is 29.3. The van der Waals surface area contributed by atoms with Gasteiger partial charge in [0.2, 0.25) is 11.8 Å². The lowest BCUT2D eigenvalue weighted by molar-refractivity contribution is -0.140. The van der Waals surface area contributed by atoms with Gasteiger partial charge in [0, 0.05) is 22.6 Å².